The second-order valence-corrected chi connectivity index (χ2v) is 7.57. The summed E-state index contributed by atoms with van der Waals surface area (Å²) < 4.78 is 5.20. The predicted molar refractivity (Wildman–Crippen MR) is 104 cm³/mol. The van der Waals surface area contributed by atoms with Crippen molar-refractivity contribution in [2.45, 2.75) is 25.9 Å². The lowest BCUT2D eigenvalue weighted by molar-refractivity contribution is -0.133. The molecule has 1 aliphatic rings. The lowest BCUT2D eigenvalue weighted by atomic mass is 10.2. The summed E-state index contributed by atoms with van der Waals surface area (Å²) in [7, 11) is 1.67. The minimum absolute atomic E-state index is 0.0769. The molecule has 1 fully saturated rings. The lowest BCUT2D eigenvalue weighted by Crippen LogP contribution is -2.49. The van der Waals surface area contributed by atoms with E-state index in [0.717, 1.165) is 54.7 Å². The van der Waals surface area contributed by atoms with Gasteiger partial charge in [-0.25, -0.2) is 4.98 Å². The van der Waals surface area contributed by atoms with Gasteiger partial charge >= 0.3 is 0 Å². The molecule has 26 heavy (non-hydrogen) atoms. The molecule has 140 valence electrons. The molecule has 0 radical (unpaired) electrons. The summed E-state index contributed by atoms with van der Waals surface area (Å²) >= 11 is 1.66. The molecule has 2 N–H and O–H groups in total. The fraction of sp³-hybridized carbons (Fsp3) is 0.474. The van der Waals surface area contributed by atoms with Gasteiger partial charge in [-0.15, -0.1) is 11.3 Å². The SMILES string of the molecule is COc1ccc(-c2nc(CN3CCN(C(=O)CC(C)N)CC3)cs2)cc1. The van der Waals surface area contributed by atoms with E-state index in [1.54, 1.807) is 18.4 Å². The number of methoxy groups -OCH3 is 1. The summed E-state index contributed by atoms with van der Waals surface area (Å²) in [5.74, 6) is 1.01. The zero-order chi connectivity index (χ0) is 18.5. The quantitative estimate of drug-likeness (QED) is 0.839. The number of nitrogens with zero attached hydrogens (tertiary/aromatic N) is 3. The van der Waals surface area contributed by atoms with Crippen LogP contribution in [0.1, 0.15) is 19.0 Å². The first kappa shape index (κ1) is 18.8. The third-order valence-electron chi connectivity index (χ3n) is 4.50. The Labute approximate surface area is 158 Å². The Hall–Kier alpha value is -1.96. The molecule has 1 amide bonds. The molecule has 0 saturated carbocycles. The van der Waals surface area contributed by atoms with Crippen LogP contribution in [0.4, 0.5) is 0 Å². The minimum Gasteiger partial charge on any atom is -0.497 e. The molecule has 2 aromatic rings. The third kappa shape index (κ3) is 4.81. The van der Waals surface area contributed by atoms with E-state index < -0.39 is 0 Å². The zero-order valence-corrected chi connectivity index (χ0v) is 16.2. The van der Waals surface area contributed by atoms with Crippen LogP contribution in [0.5, 0.6) is 5.75 Å². The summed E-state index contributed by atoms with van der Waals surface area (Å²) in [6.07, 6.45) is 0.428. The summed E-state index contributed by atoms with van der Waals surface area (Å²) in [4.78, 5) is 21.1. The molecule has 1 aromatic carbocycles. The molecule has 1 saturated heterocycles. The second-order valence-electron chi connectivity index (χ2n) is 6.71. The van der Waals surface area contributed by atoms with Gasteiger partial charge in [0.05, 0.1) is 12.8 Å². The number of carbonyl (C=O) groups is 1. The Morgan fingerprint density at radius 2 is 1.96 bits per heavy atom. The molecule has 1 atom stereocenters. The lowest BCUT2D eigenvalue weighted by Gasteiger charge is -2.34. The number of nitrogens with two attached hydrogens (primary N) is 1. The largest absolute Gasteiger partial charge is 0.497 e. The van der Waals surface area contributed by atoms with E-state index in [-0.39, 0.29) is 11.9 Å². The standard InChI is InChI=1S/C19H26N4O2S/c1-14(20)11-18(24)23-9-7-22(8-10-23)12-16-13-26-19(21-16)15-3-5-17(25-2)6-4-15/h3-6,13-14H,7-12,20H2,1-2H3. The number of hydrogen-bond acceptors (Lipinski definition) is 6. The van der Waals surface area contributed by atoms with Crippen LogP contribution >= 0.6 is 11.3 Å². The van der Waals surface area contributed by atoms with Crippen molar-refractivity contribution >= 4 is 17.2 Å². The van der Waals surface area contributed by atoms with E-state index in [1.165, 1.54) is 0 Å². The van der Waals surface area contributed by atoms with E-state index >= 15 is 0 Å². The maximum atomic E-state index is 12.1. The summed E-state index contributed by atoms with van der Waals surface area (Å²) in [5.41, 5.74) is 7.91. The van der Waals surface area contributed by atoms with Crippen LogP contribution in [0.2, 0.25) is 0 Å². The predicted octanol–water partition coefficient (Wildman–Crippen LogP) is 2.20. The Kier molecular flexibility index (Phi) is 6.24. The van der Waals surface area contributed by atoms with Crippen molar-refractivity contribution in [2.24, 2.45) is 5.73 Å². The van der Waals surface area contributed by atoms with Crippen molar-refractivity contribution in [3.05, 3.63) is 35.3 Å². The first-order chi connectivity index (χ1) is 12.5. The maximum absolute atomic E-state index is 12.1. The van der Waals surface area contributed by atoms with E-state index in [4.69, 9.17) is 15.5 Å². The van der Waals surface area contributed by atoms with Gasteiger partial charge in [-0.1, -0.05) is 0 Å². The molecular formula is C19H26N4O2S. The number of carbonyl (C=O) groups excluding carboxylic acids is 1. The number of ether oxygens (including phenoxy) is 1. The fourth-order valence-corrected chi connectivity index (χ4v) is 3.85. The topological polar surface area (TPSA) is 71.7 Å². The monoisotopic (exact) mass is 374 g/mol. The number of rotatable bonds is 6. The van der Waals surface area contributed by atoms with Gasteiger partial charge < -0.3 is 15.4 Å². The Balaban J connectivity index is 1.53. The molecule has 0 aliphatic carbocycles. The van der Waals surface area contributed by atoms with Crippen LogP contribution in [-0.4, -0.2) is 60.0 Å². The van der Waals surface area contributed by atoms with Gasteiger partial charge in [0.2, 0.25) is 5.91 Å². The molecule has 0 spiro atoms. The molecule has 2 heterocycles. The number of aromatic nitrogens is 1. The van der Waals surface area contributed by atoms with Crippen LogP contribution in [-0.2, 0) is 11.3 Å². The van der Waals surface area contributed by atoms with Gasteiger partial charge in [0, 0.05) is 56.1 Å². The number of amides is 1. The molecule has 6 nitrogen and oxygen atoms in total. The number of thiazole rings is 1. The number of piperazine rings is 1. The van der Waals surface area contributed by atoms with Crippen molar-refractivity contribution in [1.82, 2.24) is 14.8 Å². The van der Waals surface area contributed by atoms with Crippen LogP contribution in [0.25, 0.3) is 10.6 Å². The van der Waals surface area contributed by atoms with Crippen molar-refractivity contribution in [3.63, 3.8) is 0 Å². The molecule has 0 bridgehead atoms. The normalized spacial score (nSPS) is 16.5. The Bertz CT molecular complexity index is 721. The van der Waals surface area contributed by atoms with Crippen molar-refractivity contribution in [1.29, 1.82) is 0 Å². The smallest absolute Gasteiger partial charge is 0.224 e. The van der Waals surface area contributed by atoms with E-state index in [2.05, 4.69) is 10.3 Å². The first-order valence-corrected chi connectivity index (χ1v) is 9.77. The average molecular weight is 375 g/mol. The molecule has 1 aromatic heterocycles. The second kappa shape index (κ2) is 8.62. The number of benzene rings is 1. The highest BCUT2D eigenvalue weighted by Gasteiger charge is 2.22. The van der Waals surface area contributed by atoms with E-state index in [0.29, 0.717) is 6.42 Å². The van der Waals surface area contributed by atoms with E-state index in [1.807, 2.05) is 36.1 Å². The third-order valence-corrected chi connectivity index (χ3v) is 5.44. The van der Waals surface area contributed by atoms with Gasteiger partial charge in [0.25, 0.3) is 0 Å². The highest BCUT2D eigenvalue weighted by Crippen LogP contribution is 2.26. The molecule has 1 unspecified atom stereocenters. The zero-order valence-electron chi connectivity index (χ0n) is 15.4. The molecule has 1 aliphatic heterocycles. The Morgan fingerprint density at radius 1 is 1.27 bits per heavy atom. The van der Waals surface area contributed by atoms with Crippen molar-refractivity contribution < 1.29 is 9.53 Å². The van der Waals surface area contributed by atoms with Crippen LogP contribution in [0.15, 0.2) is 29.6 Å². The van der Waals surface area contributed by atoms with Crippen LogP contribution in [0.3, 0.4) is 0 Å². The van der Waals surface area contributed by atoms with E-state index in [9.17, 15) is 4.79 Å². The average Bonchev–Trinajstić information content (AvgIpc) is 3.10. The highest BCUT2D eigenvalue weighted by atomic mass is 32.1. The number of hydrogen-bond donors (Lipinski definition) is 1. The van der Waals surface area contributed by atoms with Gasteiger partial charge in [-0.05, 0) is 31.2 Å². The Morgan fingerprint density at radius 3 is 2.58 bits per heavy atom. The van der Waals surface area contributed by atoms with Crippen LogP contribution < -0.4 is 10.5 Å². The summed E-state index contributed by atoms with van der Waals surface area (Å²) in [6.45, 7) is 5.97. The minimum atomic E-state index is -0.0769. The maximum Gasteiger partial charge on any atom is 0.224 e. The van der Waals surface area contributed by atoms with Gasteiger partial charge in [0.15, 0.2) is 0 Å². The van der Waals surface area contributed by atoms with Crippen molar-refractivity contribution in [3.8, 4) is 16.3 Å². The summed E-state index contributed by atoms with van der Waals surface area (Å²) in [5, 5.41) is 3.14. The van der Waals surface area contributed by atoms with Crippen molar-refractivity contribution in [2.75, 3.05) is 33.3 Å². The summed E-state index contributed by atoms with van der Waals surface area (Å²) in [6, 6.07) is 7.89. The highest BCUT2D eigenvalue weighted by molar-refractivity contribution is 7.13. The first-order valence-electron chi connectivity index (χ1n) is 8.89. The van der Waals surface area contributed by atoms with Gasteiger partial charge in [0.1, 0.15) is 10.8 Å². The van der Waals surface area contributed by atoms with Gasteiger partial charge in [-0.2, -0.15) is 0 Å². The van der Waals surface area contributed by atoms with Gasteiger partial charge in [-0.3, -0.25) is 9.69 Å². The fourth-order valence-electron chi connectivity index (χ4n) is 3.03. The molecule has 7 heteroatoms. The molecular weight excluding hydrogens is 348 g/mol. The van der Waals surface area contributed by atoms with Crippen LogP contribution in [0, 0.1) is 0 Å². The molecule has 3 rings (SSSR count).